The maximum atomic E-state index is 12.1. The number of hydrogen-bond acceptors (Lipinski definition) is 5. The second-order valence-electron chi connectivity index (χ2n) is 8.07. The van der Waals surface area contributed by atoms with Gasteiger partial charge in [-0.3, -0.25) is 10.2 Å². The minimum Gasteiger partial charge on any atom is -0.353 e. The van der Waals surface area contributed by atoms with Crippen molar-refractivity contribution in [1.82, 2.24) is 20.2 Å². The Hall–Kier alpha value is -2.74. The summed E-state index contributed by atoms with van der Waals surface area (Å²) in [7, 11) is 0. The Bertz CT molecular complexity index is 911. The number of hydrazone groups is 1. The van der Waals surface area contributed by atoms with Crippen molar-refractivity contribution in [2.24, 2.45) is 10.5 Å². The lowest BCUT2D eigenvalue weighted by Gasteiger charge is -2.44. The van der Waals surface area contributed by atoms with Crippen molar-refractivity contribution in [3.05, 3.63) is 48.3 Å². The molecule has 1 atom stereocenters. The lowest BCUT2D eigenvalue weighted by atomic mass is 9.72. The van der Waals surface area contributed by atoms with Gasteiger partial charge in [-0.15, -0.1) is 0 Å². The topological polar surface area (TPSA) is 64.1 Å². The Morgan fingerprint density at radius 2 is 1.97 bits per heavy atom. The molecule has 1 N–H and O–H groups in total. The van der Waals surface area contributed by atoms with Gasteiger partial charge < -0.3 is 14.7 Å². The van der Waals surface area contributed by atoms with E-state index in [-0.39, 0.29) is 12.7 Å². The van der Waals surface area contributed by atoms with Crippen LogP contribution in [0.4, 0.5) is 5.82 Å². The second kappa shape index (κ2) is 10.7. The Labute approximate surface area is 198 Å². The van der Waals surface area contributed by atoms with Crippen LogP contribution >= 0.6 is 12.2 Å². The van der Waals surface area contributed by atoms with Gasteiger partial charge in [-0.25, -0.2) is 4.98 Å². The predicted molar refractivity (Wildman–Crippen MR) is 137 cm³/mol. The van der Waals surface area contributed by atoms with Crippen LogP contribution in [0.3, 0.4) is 0 Å². The van der Waals surface area contributed by atoms with Crippen LogP contribution in [-0.4, -0.2) is 64.2 Å². The highest BCUT2D eigenvalue weighted by atomic mass is 32.1. The molecule has 1 aromatic rings. The highest BCUT2D eigenvalue weighted by Crippen LogP contribution is 2.42. The van der Waals surface area contributed by atoms with E-state index in [1.54, 1.807) is 6.92 Å². The van der Waals surface area contributed by atoms with E-state index >= 15 is 0 Å². The molecule has 0 saturated carbocycles. The number of allylic oxidation sites excluding steroid dienone is 4. The number of rotatable bonds is 2. The van der Waals surface area contributed by atoms with Crippen molar-refractivity contribution >= 4 is 34.8 Å². The summed E-state index contributed by atoms with van der Waals surface area (Å²) in [6, 6.07) is 5.98. The first kappa shape index (κ1) is 23.9. The molecule has 1 amide bonds. The highest BCUT2D eigenvalue weighted by molar-refractivity contribution is 7.80. The van der Waals surface area contributed by atoms with E-state index in [0.717, 1.165) is 56.2 Å². The standard InChI is InChI=1S/C22H28N6OS.C2H6.H2/c1-17(29)28-12-9-18(22(2)10-5-3-7-19(22)28)24-25-21(30)27-15-13-26(14-16-27)20-8-4-6-11-23-20;1-2;/h3-8,11H,9-10,12-16H2,1-2H3,(H,25,30);1-2H3;1H/b24-18-;;. The molecule has 1 aromatic heterocycles. The average Bonchev–Trinajstić information content (AvgIpc) is 2.83. The molecule has 4 rings (SSSR count). The molecule has 2 fully saturated rings. The molecular weight excluding hydrogens is 420 g/mol. The maximum Gasteiger partial charge on any atom is 0.223 e. The predicted octanol–water partition coefficient (Wildman–Crippen LogP) is 3.81. The third-order valence-corrected chi connectivity index (χ3v) is 6.54. The van der Waals surface area contributed by atoms with Gasteiger partial charge in [0.2, 0.25) is 5.91 Å². The van der Waals surface area contributed by atoms with Crippen LogP contribution in [0.25, 0.3) is 0 Å². The molecule has 0 bridgehead atoms. The number of piperidine rings is 1. The summed E-state index contributed by atoms with van der Waals surface area (Å²) >= 11 is 5.63. The zero-order valence-corrected chi connectivity index (χ0v) is 20.4. The van der Waals surface area contributed by atoms with Gasteiger partial charge in [-0.1, -0.05) is 32.1 Å². The number of carbonyl (C=O) groups is 1. The monoisotopic (exact) mass is 456 g/mol. The number of hydrogen-bond donors (Lipinski definition) is 1. The highest BCUT2D eigenvalue weighted by Gasteiger charge is 2.42. The van der Waals surface area contributed by atoms with Crippen LogP contribution in [0.5, 0.6) is 0 Å². The number of nitrogens with one attached hydrogen (secondary N) is 1. The van der Waals surface area contributed by atoms with Gasteiger partial charge in [0, 0.05) is 59.4 Å². The van der Waals surface area contributed by atoms with Crippen LogP contribution in [0.1, 0.15) is 42.0 Å². The number of likely N-dealkylation sites (tertiary alicyclic amines) is 1. The number of piperazine rings is 1. The molecular formula is C24H36N6OS. The van der Waals surface area contributed by atoms with Gasteiger partial charge in [0.05, 0.1) is 11.1 Å². The van der Waals surface area contributed by atoms with Gasteiger partial charge in [0.1, 0.15) is 5.82 Å². The van der Waals surface area contributed by atoms with E-state index < -0.39 is 0 Å². The summed E-state index contributed by atoms with van der Waals surface area (Å²) in [6.45, 7) is 11.8. The van der Waals surface area contributed by atoms with Crippen LogP contribution in [0.15, 0.2) is 53.4 Å². The van der Waals surface area contributed by atoms with E-state index in [1.807, 2.05) is 55.3 Å². The van der Waals surface area contributed by atoms with Gasteiger partial charge >= 0.3 is 0 Å². The van der Waals surface area contributed by atoms with Crippen molar-refractivity contribution < 1.29 is 6.22 Å². The smallest absolute Gasteiger partial charge is 0.223 e. The first-order valence-corrected chi connectivity index (χ1v) is 11.8. The van der Waals surface area contributed by atoms with E-state index in [1.165, 1.54) is 0 Å². The molecule has 8 heteroatoms. The molecule has 0 spiro atoms. The maximum absolute atomic E-state index is 12.1. The van der Waals surface area contributed by atoms with Gasteiger partial charge in [0.25, 0.3) is 0 Å². The lowest BCUT2D eigenvalue weighted by Crippen LogP contribution is -2.52. The Morgan fingerprint density at radius 3 is 2.62 bits per heavy atom. The zero-order chi connectivity index (χ0) is 23.1. The van der Waals surface area contributed by atoms with Crippen molar-refractivity contribution in [3.63, 3.8) is 0 Å². The quantitative estimate of drug-likeness (QED) is 0.539. The Morgan fingerprint density at radius 1 is 1.22 bits per heavy atom. The Balaban J connectivity index is 0.00000125. The Kier molecular flexibility index (Phi) is 8.01. The summed E-state index contributed by atoms with van der Waals surface area (Å²) < 4.78 is 0. The third kappa shape index (κ3) is 5.01. The van der Waals surface area contributed by atoms with Crippen LogP contribution in [0, 0.1) is 5.41 Å². The van der Waals surface area contributed by atoms with Crippen LogP contribution in [0.2, 0.25) is 0 Å². The number of carbonyl (C=O) groups excluding carboxylic acids is 1. The van der Waals surface area contributed by atoms with Crippen LogP contribution in [-0.2, 0) is 4.79 Å². The number of aromatic nitrogens is 1. The summed E-state index contributed by atoms with van der Waals surface area (Å²) in [5, 5.41) is 5.38. The van der Waals surface area contributed by atoms with E-state index in [2.05, 4.69) is 33.2 Å². The zero-order valence-electron chi connectivity index (χ0n) is 19.5. The number of thiocarbonyl (C=S) groups is 1. The van der Waals surface area contributed by atoms with Gasteiger partial charge in [-0.05, 0) is 43.8 Å². The normalized spacial score (nSPS) is 23.7. The number of anilines is 1. The molecule has 32 heavy (non-hydrogen) atoms. The SMILES string of the molecule is CC.CC(=O)N1CC/C(=N/NC(=S)N2CCN(c3ccccn3)CC2)C2(C)CC=CC=C12.[HH]. The van der Waals surface area contributed by atoms with Gasteiger partial charge in [0.15, 0.2) is 5.11 Å². The second-order valence-corrected chi connectivity index (χ2v) is 8.46. The number of pyridine rings is 1. The van der Waals surface area contributed by atoms with Crippen molar-refractivity contribution in [1.29, 1.82) is 0 Å². The molecule has 0 aromatic carbocycles. The van der Waals surface area contributed by atoms with Crippen molar-refractivity contribution in [2.75, 3.05) is 37.6 Å². The fourth-order valence-corrected chi connectivity index (χ4v) is 4.62. The van der Waals surface area contributed by atoms with E-state index in [9.17, 15) is 4.79 Å². The number of nitrogens with zero attached hydrogens (tertiary/aromatic N) is 5. The molecule has 0 radical (unpaired) electrons. The van der Waals surface area contributed by atoms with Crippen molar-refractivity contribution in [2.45, 2.75) is 40.5 Å². The fraction of sp³-hybridized carbons (Fsp3) is 0.500. The van der Waals surface area contributed by atoms with Crippen LogP contribution < -0.4 is 10.3 Å². The average molecular weight is 457 g/mol. The fourth-order valence-electron chi connectivity index (χ4n) is 4.39. The minimum atomic E-state index is -0.279. The minimum absolute atomic E-state index is 0. The molecule has 174 valence electrons. The van der Waals surface area contributed by atoms with E-state index in [0.29, 0.717) is 11.7 Å². The first-order chi connectivity index (χ1) is 15.5. The molecule has 1 unspecified atom stereocenters. The number of fused-ring (bicyclic) bond motifs is 1. The van der Waals surface area contributed by atoms with Crippen molar-refractivity contribution in [3.8, 4) is 0 Å². The molecule has 2 aliphatic heterocycles. The lowest BCUT2D eigenvalue weighted by molar-refractivity contribution is -0.127. The summed E-state index contributed by atoms with van der Waals surface area (Å²) in [5.41, 5.74) is 4.93. The molecule has 2 saturated heterocycles. The molecule has 3 heterocycles. The summed E-state index contributed by atoms with van der Waals surface area (Å²) in [6.07, 6.45) is 9.59. The molecule has 7 nitrogen and oxygen atoms in total. The van der Waals surface area contributed by atoms with Gasteiger partial charge in [-0.2, -0.15) is 5.10 Å². The van der Waals surface area contributed by atoms with E-state index in [4.69, 9.17) is 17.3 Å². The summed E-state index contributed by atoms with van der Waals surface area (Å²) in [4.78, 5) is 22.8. The first-order valence-electron chi connectivity index (χ1n) is 11.4. The molecule has 1 aliphatic carbocycles. The molecule has 3 aliphatic rings. The third-order valence-electron chi connectivity index (χ3n) is 6.19. The largest absolute Gasteiger partial charge is 0.353 e. The number of amides is 1. The summed E-state index contributed by atoms with van der Waals surface area (Å²) in [5.74, 6) is 1.09.